The highest BCUT2D eigenvalue weighted by Gasteiger charge is 2.16. The Hall–Kier alpha value is -1.62. The molecule has 0 radical (unpaired) electrons. The van der Waals surface area contributed by atoms with Gasteiger partial charge in [-0.3, -0.25) is 4.79 Å². The van der Waals surface area contributed by atoms with Crippen LogP contribution in [0.4, 0.5) is 5.82 Å². The van der Waals surface area contributed by atoms with Crippen LogP contribution in [0.25, 0.3) is 0 Å². The molecule has 1 N–H and O–H groups in total. The van der Waals surface area contributed by atoms with E-state index in [1.165, 1.54) is 9.75 Å². The maximum absolute atomic E-state index is 12.3. The molecule has 0 fully saturated rings. The van der Waals surface area contributed by atoms with Gasteiger partial charge in [0.25, 0.3) is 5.56 Å². The maximum Gasteiger partial charge on any atom is 0.293 e. The van der Waals surface area contributed by atoms with Crippen LogP contribution in [0.1, 0.15) is 37.4 Å². The number of nitrogens with zero attached hydrogens (tertiary/aromatic N) is 2. The summed E-state index contributed by atoms with van der Waals surface area (Å²) in [6.45, 7) is 8.80. The molecule has 20 heavy (non-hydrogen) atoms. The van der Waals surface area contributed by atoms with E-state index in [1.807, 2.05) is 20.8 Å². The highest BCUT2D eigenvalue weighted by Crippen LogP contribution is 2.17. The third kappa shape index (κ3) is 3.28. The summed E-state index contributed by atoms with van der Waals surface area (Å²) in [6, 6.07) is 4.23. The molecular formula is C15H21N3OS. The van der Waals surface area contributed by atoms with Crippen LogP contribution in [-0.4, -0.2) is 9.55 Å². The molecule has 2 heterocycles. The first-order valence-electron chi connectivity index (χ1n) is 6.81. The van der Waals surface area contributed by atoms with Crippen molar-refractivity contribution in [3.05, 3.63) is 44.6 Å². The smallest absolute Gasteiger partial charge is 0.293 e. The lowest BCUT2D eigenvalue weighted by molar-refractivity contribution is 0.383. The van der Waals surface area contributed by atoms with Gasteiger partial charge in [0, 0.05) is 27.7 Å². The van der Waals surface area contributed by atoms with E-state index >= 15 is 0 Å². The van der Waals surface area contributed by atoms with E-state index in [1.54, 1.807) is 28.3 Å². The average molecular weight is 291 g/mol. The molecule has 0 unspecified atom stereocenters. The second-order valence-corrected chi connectivity index (χ2v) is 6.95. The van der Waals surface area contributed by atoms with Crippen molar-refractivity contribution in [1.29, 1.82) is 0 Å². The van der Waals surface area contributed by atoms with Crippen LogP contribution in [0.2, 0.25) is 0 Å². The normalized spacial score (nSPS) is 11.6. The van der Waals surface area contributed by atoms with Gasteiger partial charge >= 0.3 is 0 Å². The van der Waals surface area contributed by atoms with Gasteiger partial charge in [-0.1, -0.05) is 6.92 Å². The monoisotopic (exact) mass is 291 g/mol. The molecule has 0 saturated heterocycles. The Bertz CT molecular complexity index is 637. The molecule has 2 aromatic rings. The van der Waals surface area contributed by atoms with E-state index in [4.69, 9.17) is 0 Å². The molecule has 0 aliphatic rings. The minimum Gasteiger partial charge on any atom is -0.361 e. The number of aromatic nitrogens is 2. The zero-order valence-corrected chi connectivity index (χ0v) is 13.3. The second-order valence-electron chi connectivity index (χ2n) is 5.70. The summed E-state index contributed by atoms with van der Waals surface area (Å²) in [5.41, 5.74) is -0.318. The molecule has 2 rings (SSSR count). The number of hydrogen-bond donors (Lipinski definition) is 1. The van der Waals surface area contributed by atoms with Crippen molar-refractivity contribution >= 4 is 17.2 Å². The minimum absolute atomic E-state index is 0.0766. The predicted molar refractivity (Wildman–Crippen MR) is 84.5 cm³/mol. The third-order valence-electron chi connectivity index (χ3n) is 3.06. The number of aryl methyl sites for hydroxylation is 1. The van der Waals surface area contributed by atoms with Gasteiger partial charge in [0.1, 0.15) is 0 Å². The quantitative estimate of drug-likeness (QED) is 0.940. The molecule has 0 bridgehead atoms. The van der Waals surface area contributed by atoms with E-state index in [0.717, 1.165) is 6.42 Å². The van der Waals surface area contributed by atoms with Crippen LogP contribution < -0.4 is 10.9 Å². The van der Waals surface area contributed by atoms with Gasteiger partial charge in [-0.2, -0.15) is 0 Å². The molecule has 0 spiro atoms. The number of nitrogens with one attached hydrogen (secondary N) is 1. The Kier molecular flexibility index (Phi) is 4.28. The van der Waals surface area contributed by atoms with Crippen molar-refractivity contribution in [3.63, 3.8) is 0 Å². The molecule has 0 aliphatic carbocycles. The molecule has 108 valence electrons. The number of hydrogen-bond acceptors (Lipinski definition) is 4. The minimum atomic E-state index is -0.241. The topological polar surface area (TPSA) is 46.9 Å². The maximum atomic E-state index is 12.3. The third-order valence-corrected chi connectivity index (χ3v) is 4.29. The van der Waals surface area contributed by atoms with Crippen molar-refractivity contribution in [1.82, 2.24) is 9.55 Å². The van der Waals surface area contributed by atoms with Gasteiger partial charge in [-0.15, -0.1) is 11.3 Å². The highest BCUT2D eigenvalue weighted by molar-refractivity contribution is 7.12. The summed E-state index contributed by atoms with van der Waals surface area (Å²) < 4.78 is 1.70. The number of rotatable bonds is 4. The fourth-order valence-electron chi connectivity index (χ4n) is 1.94. The Balaban J connectivity index is 2.16. The van der Waals surface area contributed by atoms with Crippen molar-refractivity contribution < 1.29 is 0 Å². The molecule has 0 saturated carbocycles. The zero-order chi connectivity index (χ0) is 14.8. The van der Waals surface area contributed by atoms with E-state index in [-0.39, 0.29) is 11.1 Å². The van der Waals surface area contributed by atoms with Gasteiger partial charge in [-0.25, -0.2) is 4.98 Å². The molecular weight excluding hydrogens is 270 g/mol. The van der Waals surface area contributed by atoms with Crippen LogP contribution in [0.3, 0.4) is 0 Å². The van der Waals surface area contributed by atoms with Crippen LogP contribution in [0.15, 0.2) is 29.3 Å². The summed E-state index contributed by atoms with van der Waals surface area (Å²) in [6.07, 6.45) is 4.44. The van der Waals surface area contributed by atoms with Crippen LogP contribution >= 0.6 is 11.3 Å². The summed E-state index contributed by atoms with van der Waals surface area (Å²) in [5, 5.41) is 3.15. The molecule has 4 nitrogen and oxygen atoms in total. The Morgan fingerprint density at radius 1 is 1.30 bits per heavy atom. The lowest BCUT2D eigenvalue weighted by Gasteiger charge is -2.22. The van der Waals surface area contributed by atoms with E-state index in [2.05, 4.69) is 29.4 Å². The molecule has 0 atom stereocenters. The van der Waals surface area contributed by atoms with Crippen LogP contribution in [0.5, 0.6) is 0 Å². The first-order chi connectivity index (χ1) is 9.41. The van der Waals surface area contributed by atoms with E-state index in [9.17, 15) is 4.79 Å². The molecule has 2 aromatic heterocycles. The van der Waals surface area contributed by atoms with Crippen molar-refractivity contribution in [2.75, 3.05) is 5.32 Å². The average Bonchev–Trinajstić information content (AvgIpc) is 2.84. The molecule has 0 aliphatic heterocycles. The summed E-state index contributed by atoms with van der Waals surface area (Å²) in [4.78, 5) is 19.1. The predicted octanol–water partition coefficient (Wildman–Crippen LogP) is 3.23. The first kappa shape index (κ1) is 14.8. The molecule has 5 heteroatoms. The summed E-state index contributed by atoms with van der Waals surface area (Å²) >= 11 is 1.77. The van der Waals surface area contributed by atoms with Gasteiger partial charge in [-0.05, 0) is 39.3 Å². The van der Waals surface area contributed by atoms with Gasteiger partial charge < -0.3 is 9.88 Å². The Labute approximate surface area is 123 Å². The van der Waals surface area contributed by atoms with Gasteiger partial charge in [0.2, 0.25) is 0 Å². The standard InChI is InChI=1S/C15H21N3OS/c1-5-11-6-7-12(20-11)10-17-13-14(19)18(9-8-16-13)15(2,3)4/h6-9H,5,10H2,1-4H3,(H,16,17). The zero-order valence-electron chi connectivity index (χ0n) is 12.4. The Morgan fingerprint density at radius 2 is 2.00 bits per heavy atom. The van der Waals surface area contributed by atoms with Crippen molar-refractivity contribution in [2.45, 2.75) is 46.2 Å². The van der Waals surface area contributed by atoms with Crippen molar-refractivity contribution in [2.24, 2.45) is 0 Å². The largest absolute Gasteiger partial charge is 0.361 e. The highest BCUT2D eigenvalue weighted by atomic mass is 32.1. The van der Waals surface area contributed by atoms with E-state index < -0.39 is 0 Å². The fourth-order valence-corrected chi connectivity index (χ4v) is 2.84. The number of anilines is 1. The van der Waals surface area contributed by atoms with E-state index in [0.29, 0.717) is 12.4 Å². The Morgan fingerprint density at radius 3 is 2.60 bits per heavy atom. The van der Waals surface area contributed by atoms with Crippen LogP contribution in [-0.2, 0) is 18.5 Å². The number of thiophene rings is 1. The lowest BCUT2D eigenvalue weighted by Crippen LogP contribution is -2.35. The van der Waals surface area contributed by atoms with Crippen molar-refractivity contribution in [3.8, 4) is 0 Å². The first-order valence-corrected chi connectivity index (χ1v) is 7.63. The van der Waals surface area contributed by atoms with Gasteiger partial charge in [0.05, 0.1) is 6.54 Å². The summed E-state index contributed by atoms with van der Waals surface area (Å²) in [5.74, 6) is 0.411. The molecule has 0 amide bonds. The molecule has 0 aromatic carbocycles. The summed E-state index contributed by atoms with van der Waals surface area (Å²) in [7, 11) is 0. The lowest BCUT2D eigenvalue weighted by atomic mass is 10.1. The van der Waals surface area contributed by atoms with Gasteiger partial charge in [0.15, 0.2) is 5.82 Å². The SMILES string of the molecule is CCc1ccc(CNc2nccn(C(C)(C)C)c2=O)s1. The van der Waals surface area contributed by atoms with Crippen LogP contribution in [0, 0.1) is 0 Å². The fraction of sp³-hybridized carbons (Fsp3) is 0.467. The second kappa shape index (κ2) is 5.79.